The van der Waals surface area contributed by atoms with Crippen LogP contribution in [0.4, 0.5) is 0 Å². The van der Waals surface area contributed by atoms with E-state index in [-0.39, 0.29) is 11.0 Å². The Balaban J connectivity index is 1.63. The number of aryl methyl sites for hydroxylation is 1. The fourth-order valence-electron chi connectivity index (χ4n) is 4.72. The molecule has 2 N–H and O–H groups in total. The van der Waals surface area contributed by atoms with Crippen molar-refractivity contribution in [3.63, 3.8) is 0 Å². The predicted octanol–water partition coefficient (Wildman–Crippen LogP) is 5.35. The van der Waals surface area contributed by atoms with Crippen LogP contribution in [0.1, 0.15) is 24.8 Å². The second kappa shape index (κ2) is 6.90. The highest BCUT2D eigenvalue weighted by molar-refractivity contribution is 6.03. The topological polar surface area (TPSA) is 74.0 Å². The van der Waals surface area contributed by atoms with E-state index in [0.717, 1.165) is 41.3 Å². The van der Waals surface area contributed by atoms with Crippen molar-refractivity contribution in [1.82, 2.24) is 9.78 Å². The van der Waals surface area contributed by atoms with Gasteiger partial charge in [0.15, 0.2) is 5.58 Å². The van der Waals surface area contributed by atoms with Crippen molar-refractivity contribution in [2.45, 2.75) is 24.8 Å². The third-order valence-corrected chi connectivity index (χ3v) is 6.68. The summed E-state index contributed by atoms with van der Waals surface area (Å²) >= 11 is 0. The maximum atomic E-state index is 13.8. The van der Waals surface area contributed by atoms with Crippen molar-refractivity contribution in [3.05, 3.63) is 88.7 Å². The van der Waals surface area contributed by atoms with Crippen LogP contribution in [0.3, 0.4) is 0 Å². The van der Waals surface area contributed by atoms with Gasteiger partial charge in [0.25, 0.3) is 0 Å². The van der Waals surface area contributed by atoms with Crippen LogP contribution < -0.4 is 11.2 Å². The summed E-state index contributed by atoms with van der Waals surface area (Å²) < 4.78 is 8.21. The molecule has 0 amide bonds. The lowest BCUT2D eigenvalue weighted by Crippen LogP contribution is -2.43. The van der Waals surface area contributed by atoms with E-state index in [9.17, 15) is 4.79 Å². The molecule has 5 aromatic rings. The molecule has 6 rings (SSSR count). The first-order valence-electron chi connectivity index (χ1n) is 10.9. The van der Waals surface area contributed by atoms with Gasteiger partial charge in [-0.05, 0) is 36.5 Å². The maximum Gasteiger partial charge on any atom is 0.201 e. The molecule has 0 radical (unpaired) electrons. The van der Waals surface area contributed by atoms with Gasteiger partial charge < -0.3 is 10.2 Å². The van der Waals surface area contributed by atoms with Crippen LogP contribution in [0.15, 0.2) is 82.1 Å². The van der Waals surface area contributed by atoms with Crippen molar-refractivity contribution in [1.29, 1.82) is 0 Å². The summed E-state index contributed by atoms with van der Waals surface area (Å²) in [6.07, 6.45) is 5.08. The van der Waals surface area contributed by atoms with E-state index in [1.807, 2.05) is 67.8 Å². The van der Waals surface area contributed by atoms with Gasteiger partial charge in [0, 0.05) is 29.7 Å². The van der Waals surface area contributed by atoms with Gasteiger partial charge in [-0.2, -0.15) is 5.10 Å². The SMILES string of the molecule is Cn1cc2ccc3c(=O)c(-c4ccc(C5(N)CCC5)cc4)c(-c4ccccc4)oc3c2n1. The van der Waals surface area contributed by atoms with Crippen molar-refractivity contribution in [3.8, 4) is 22.5 Å². The maximum absolute atomic E-state index is 13.8. The average Bonchev–Trinajstić information content (AvgIpc) is 3.19. The molecular weight excluding hydrogens is 398 g/mol. The smallest absolute Gasteiger partial charge is 0.201 e. The fraction of sp³-hybridized carbons (Fsp3) is 0.185. The molecule has 32 heavy (non-hydrogen) atoms. The molecule has 158 valence electrons. The minimum absolute atomic E-state index is 0.0588. The minimum Gasteiger partial charge on any atom is -0.453 e. The van der Waals surface area contributed by atoms with Gasteiger partial charge >= 0.3 is 0 Å². The highest BCUT2D eigenvalue weighted by Gasteiger charge is 2.34. The summed E-state index contributed by atoms with van der Waals surface area (Å²) in [6.45, 7) is 0. The standard InChI is InChI=1S/C27H23N3O2/c1-30-16-19-10-13-21-24(31)22(17-8-11-20(12-9-17)27(28)14-5-15-27)25(18-6-3-2-4-7-18)32-26(21)23(19)29-30/h2-4,6-13,16H,5,14-15,28H2,1H3. The number of aromatic nitrogens is 2. The molecule has 0 unspecified atom stereocenters. The Kier molecular flexibility index (Phi) is 4.10. The second-order valence-electron chi connectivity index (χ2n) is 8.77. The monoisotopic (exact) mass is 421 g/mol. The molecule has 1 aliphatic rings. The molecule has 2 heterocycles. The molecular formula is C27H23N3O2. The number of benzene rings is 3. The van der Waals surface area contributed by atoms with Crippen molar-refractivity contribution in [2.24, 2.45) is 12.8 Å². The zero-order valence-corrected chi connectivity index (χ0v) is 17.8. The molecule has 1 aliphatic carbocycles. The van der Waals surface area contributed by atoms with E-state index < -0.39 is 0 Å². The molecule has 0 bridgehead atoms. The lowest BCUT2D eigenvalue weighted by Gasteiger charge is -2.38. The van der Waals surface area contributed by atoms with Crippen LogP contribution in [0, 0.1) is 0 Å². The van der Waals surface area contributed by atoms with E-state index >= 15 is 0 Å². The molecule has 5 nitrogen and oxygen atoms in total. The summed E-state index contributed by atoms with van der Waals surface area (Å²) in [5.74, 6) is 0.556. The van der Waals surface area contributed by atoms with Crippen LogP contribution in [0.5, 0.6) is 0 Å². The van der Waals surface area contributed by atoms with E-state index in [4.69, 9.17) is 10.2 Å². The largest absolute Gasteiger partial charge is 0.453 e. The second-order valence-corrected chi connectivity index (χ2v) is 8.77. The van der Waals surface area contributed by atoms with E-state index in [1.54, 1.807) is 4.68 Å². The Morgan fingerprint density at radius 1 is 0.969 bits per heavy atom. The van der Waals surface area contributed by atoms with Gasteiger partial charge in [0.2, 0.25) is 5.43 Å². The molecule has 1 saturated carbocycles. The van der Waals surface area contributed by atoms with Crippen molar-refractivity contribution < 1.29 is 4.42 Å². The Bertz CT molecular complexity index is 1530. The van der Waals surface area contributed by atoms with E-state index in [1.165, 1.54) is 0 Å². The van der Waals surface area contributed by atoms with Gasteiger partial charge in [-0.3, -0.25) is 9.48 Å². The Labute approximate surface area is 185 Å². The van der Waals surface area contributed by atoms with Crippen LogP contribution in [-0.2, 0) is 12.6 Å². The molecule has 3 aromatic carbocycles. The van der Waals surface area contributed by atoms with Crippen molar-refractivity contribution in [2.75, 3.05) is 0 Å². The molecule has 0 saturated heterocycles. The number of fused-ring (bicyclic) bond motifs is 3. The summed E-state index contributed by atoms with van der Waals surface area (Å²) in [6, 6.07) is 21.6. The quantitative estimate of drug-likeness (QED) is 0.426. The third kappa shape index (κ3) is 2.82. The highest BCUT2D eigenvalue weighted by atomic mass is 16.3. The Hall–Kier alpha value is -3.70. The van der Waals surface area contributed by atoms with Gasteiger partial charge in [-0.25, -0.2) is 0 Å². The lowest BCUT2D eigenvalue weighted by molar-refractivity contribution is 0.253. The first kappa shape index (κ1) is 19.0. The molecule has 0 aliphatic heterocycles. The van der Waals surface area contributed by atoms with Gasteiger partial charge in [-0.15, -0.1) is 0 Å². The molecule has 1 fully saturated rings. The van der Waals surface area contributed by atoms with Crippen LogP contribution in [0.25, 0.3) is 44.3 Å². The molecule has 5 heteroatoms. The highest BCUT2D eigenvalue weighted by Crippen LogP contribution is 2.40. The van der Waals surface area contributed by atoms with Crippen LogP contribution in [0.2, 0.25) is 0 Å². The summed E-state index contributed by atoms with van der Waals surface area (Å²) in [5.41, 5.74) is 10.8. The Morgan fingerprint density at radius 2 is 1.72 bits per heavy atom. The average molecular weight is 422 g/mol. The normalized spacial score (nSPS) is 15.2. The summed E-state index contributed by atoms with van der Waals surface area (Å²) in [5, 5.41) is 6.01. The zero-order chi connectivity index (χ0) is 21.9. The Morgan fingerprint density at radius 3 is 2.41 bits per heavy atom. The third-order valence-electron chi connectivity index (χ3n) is 6.68. The summed E-state index contributed by atoms with van der Waals surface area (Å²) in [7, 11) is 1.87. The minimum atomic E-state index is -0.237. The number of rotatable bonds is 3. The van der Waals surface area contributed by atoms with E-state index in [2.05, 4.69) is 17.2 Å². The van der Waals surface area contributed by atoms with Gasteiger partial charge in [0.05, 0.1) is 10.9 Å². The van der Waals surface area contributed by atoms with Crippen LogP contribution in [-0.4, -0.2) is 9.78 Å². The van der Waals surface area contributed by atoms with E-state index in [0.29, 0.717) is 27.8 Å². The molecule has 2 aromatic heterocycles. The number of nitrogens with two attached hydrogens (primary N) is 1. The van der Waals surface area contributed by atoms with Crippen LogP contribution >= 0.6 is 0 Å². The molecule has 0 spiro atoms. The lowest BCUT2D eigenvalue weighted by atomic mass is 9.72. The number of hydrogen-bond acceptors (Lipinski definition) is 4. The molecule has 0 atom stereocenters. The number of nitrogens with zero attached hydrogens (tertiary/aromatic N) is 2. The first-order valence-corrected chi connectivity index (χ1v) is 10.9. The van der Waals surface area contributed by atoms with Gasteiger partial charge in [0.1, 0.15) is 11.3 Å². The fourth-order valence-corrected chi connectivity index (χ4v) is 4.72. The van der Waals surface area contributed by atoms with Gasteiger partial charge in [-0.1, -0.05) is 60.7 Å². The zero-order valence-electron chi connectivity index (χ0n) is 17.8. The predicted molar refractivity (Wildman–Crippen MR) is 127 cm³/mol. The summed E-state index contributed by atoms with van der Waals surface area (Å²) in [4.78, 5) is 13.8. The number of hydrogen-bond donors (Lipinski definition) is 1. The first-order chi connectivity index (χ1) is 15.5. The van der Waals surface area contributed by atoms with Crippen molar-refractivity contribution >= 4 is 21.9 Å².